The molecule has 0 spiro atoms. The van der Waals surface area contributed by atoms with E-state index in [1.807, 2.05) is 30.3 Å². The molecule has 4 rings (SSSR count). The zero-order valence-corrected chi connectivity index (χ0v) is 25.1. The molecule has 41 heavy (non-hydrogen) atoms. The second kappa shape index (κ2) is 12.9. The van der Waals surface area contributed by atoms with E-state index < -0.39 is 27.9 Å². The number of imide groups is 1. The van der Waals surface area contributed by atoms with Crippen molar-refractivity contribution in [3.05, 3.63) is 81.7 Å². The number of nitrogens with zero attached hydrogens (tertiary/aromatic N) is 2. The molecular formula is C29H34N4O6S2. The molecule has 2 heterocycles. The maximum atomic E-state index is 13.2. The molecule has 0 saturated carbocycles. The third-order valence-electron chi connectivity index (χ3n) is 6.83. The maximum absolute atomic E-state index is 13.2. The van der Waals surface area contributed by atoms with Gasteiger partial charge in [-0.3, -0.25) is 19.8 Å². The first-order valence-corrected chi connectivity index (χ1v) is 15.5. The summed E-state index contributed by atoms with van der Waals surface area (Å²) < 4.78 is 32.3. The second-order valence-corrected chi connectivity index (χ2v) is 13.1. The summed E-state index contributed by atoms with van der Waals surface area (Å²) in [6.07, 6.45) is -0.266. The number of hydrogen-bond donors (Lipinski definition) is 2. The maximum Gasteiger partial charge on any atom is 0.414 e. The van der Waals surface area contributed by atoms with Crippen molar-refractivity contribution < 1.29 is 27.5 Å². The van der Waals surface area contributed by atoms with Crippen molar-refractivity contribution >= 4 is 44.3 Å². The summed E-state index contributed by atoms with van der Waals surface area (Å²) in [4.78, 5) is 41.6. The van der Waals surface area contributed by atoms with Crippen LogP contribution < -0.4 is 10.6 Å². The Morgan fingerprint density at radius 2 is 1.73 bits per heavy atom. The van der Waals surface area contributed by atoms with E-state index in [0.29, 0.717) is 24.0 Å². The summed E-state index contributed by atoms with van der Waals surface area (Å²) in [5.74, 6) is -1.15. The molecule has 1 aliphatic rings. The van der Waals surface area contributed by atoms with Crippen molar-refractivity contribution in [2.24, 2.45) is 0 Å². The summed E-state index contributed by atoms with van der Waals surface area (Å²) in [5, 5.41) is 5.38. The predicted molar refractivity (Wildman–Crippen MR) is 158 cm³/mol. The van der Waals surface area contributed by atoms with Crippen LogP contribution in [0.5, 0.6) is 0 Å². The van der Waals surface area contributed by atoms with Gasteiger partial charge in [0.05, 0.1) is 17.1 Å². The largest absolute Gasteiger partial charge is 0.450 e. The SMILES string of the molecule is CCOC(=O)NC(=O)c1c(NC(=O)c2ccc(S(=O)(=O)N(C)Cc3ccccc3)cc2)sc2c1CCN(C(C)C)C2. The van der Waals surface area contributed by atoms with Gasteiger partial charge >= 0.3 is 6.09 Å². The van der Waals surface area contributed by atoms with Crippen molar-refractivity contribution in [2.75, 3.05) is 25.5 Å². The molecule has 218 valence electrons. The number of hydrogen-bond acceptors (Lipinski definition) is 8. The van der Waals surface area contributed by atoms with Crippen molar-refractivity contribution in [3.63, 3.8) is 0 Å². The molecule has 0 atom stereocenters. The average molecular weight is 599 g/mol. The van der Waals surface area contributed by atoms with Gasteiger partial charge in [-0.25, -0.2) is 13.2 Å². The Kier molecular flexibility index (Phi) is 9.59. The average Bonchev–Trinajstić information content (AvgIpc) is 3.30. The summed E-state index contributed by atoms with van der Waals surface area (Å²) in [5.41, 5.74) is 2.12. The molecular weight excluding hydrogens is 564 g/mol. The van der Waals surface area contributed by atoms with Crippen LogP contribution in [0.1, 0.15) is 57.5 Å². The fourth-order valence-electron chi connectivity index (χ4n) is 4.57. The number of amides is 3. The van der Waals surface area contributed by atoms with Crippen LogP contribution >= 0.6 is 11.3 Å². The quantitative estimate of drug-likeness (QED) is 0.372. The van der Waals surface area contributed by atoms with Crippen LogP contribution in [0.3, 0.4) is 0 Å². The standard InChI is InChI=1S/C29H34N4O6S2/c1-5-39-29(36)31-27(35)25-23-15-16-33(19(2)3)18-24(23)40-28(25)30-26(34)21-11-13-22(14-12-21)41(37,38)32(4)17-20-9-7-6-8-10-20/h6-14,19H,5,15-18H2,1-4H3,(H,30,34)(H,31,35,36). The minimum absolute atomic E-state index is 0.0577. The molecule has 2 aromatic carbocycles. The molecule has 0 saturated heterocycles. The smallest absolute Gasteiger partial charge is 0.414 e. The van der Waals surface area contributed by atoms with Crippen LogP contribution in [0.25, 0.3) is 0 Å². The van der Waals surface area contributed by atoms with E-state index in [4.69, 9.17) is 4.74 Å². The fourth-order valence-corrected chi connectivity index (χ4v) is 7.00. The first-order chi connectivity index (χ1) is 19.5. The Morgan fingerprint density at radius 1 is 1.05 bits per heavy atom. The van der Waals surface area contributed by atoms with Crippen LogP contribution in [0.15, 0.2) is 59.5 Å². The number of sulfonamides is 1. The summed E-state index contributed by atoms with van der Waals surface area (Å²) in [6, 6.07) is 15.2. The van der Waals surface area contributed by atoms with E-state index in [9.17, 15) is 22.8 Å². The lowest BCUT2D eigenvalue weighted by Crippen LogP contribution is -2.36. The summed E-state index contributed by atoms with van der Waals surface area (Å²) in [7, 11) is -2.28. The highest BCUT2D eigenvalue weighted by Crippen LogP contribution is 2.38. The molecule has 3 aromatic rings. The van der Waals surface area contributed by atoms with Gasteiger partial charge in [-0.1, -0.05) is 30.3 Å². The Morgan fingerprint density at radius 3 is 2.37 bits per heavy atom. The topological polar surface area (TPSA) is 125 Å². The highest BCUT2D eigenvalue weighted by Gasteiger charge is 2.30. The molecule has 0 radical (unpaired) electrons. The van der Waals surface area contributed by atoms with Crippen molar-refractivity contribution in [1.29, 1.82) is 0 Å². The predicted octanol–water partition coefficient (Wildman–Crippen LogP) is 4.47. The molecule has 1 aliphatic heterocycles. The molecule has 3 amide bonds. The lowest BCUT2D eigenvalue weighted by atomic mass is 10.0. The number of thiophene rings is 1. The van der Waals surface area contributed by atoms with Crippen LogP contribution in [0, 0.1) is 0 Å². The summed E-state index contributed by atoms with van der Waals surface area (Å²) in [6.45, 7) is 7.51. The van der Waals surface area contributed by atoms with E-state index in [0.717, 1.165) is 22.5 Å². The van der Waals surface area contributed by atoms with Gasteiger partial charge in [0.25, 0.3) is 11.8 Å². The molecule has 0 aliphatic carbocycles. The highest BCUT2D eigenvalue weighted by molar-refractivity contribution is 7.89. The Labute approximate surface area is 244 Å². The van der Waals surface area contributed by atoms with Crippen LogP contribution in [-0.2, 0) is 34.3 Å². The number of carbonyl (C=O) groups excluding carboxylic acids is 3. The van der Waals surface area contributed by atoms with E-state index in [2.05, 4.69) is 29.4 Å². The fraction of sp³-hybridized carbons (Fsp3) is 0.345. The number of anilines is 1. The Hall–Kier alpha value is -3.58. The number of benzene rings is 2. The number of nitrogens with one attached hydrogen (secondary N) is 2. The van der Waals surface area contributed by atoms with Crippen LogP contribution in [0.4, 0.5) is 9.80 Å². The first kappa shape index (κ1) is 30.4. The van der Waals surface area contributed by atoms with Crippen molar-refractivity contribution in [2.45, 2.75) is 51.2 Å². The second-order valence-electron chi connectivity index (χ2n) is 9.92. The van der Waals surface area contributed by atoms with E-state index in [1.165, 1.54) is 47.0 Å². The van der Waals surface area contributed by atoms with Gasteiger partial charge in [0.15, 0.2) is 0 Å². The number of alkyl carbamates (subject to hydrolysis) is 1. The van der Waals surface area contributed by atoms with Gasteiger partial charge in [-0.2, -0.15) is 4.31 Å². The Balaban J connectivity index is 1.55. The number of rotatable bonds is 9. The van der Waals surface area contributed by atoms with Crippen LogP contribution in [-0.4, -0.2) is 61.8 Å². The minimum Gasteiger partial charge on any atom is -0.450 e. The highest BCUT2D eigenvalue weighted by atomic mass is 32.2. The van der Waals surface area contributed by atoms with Gasteiger partial charge < -0.3 is 10.1 Å². The third-order valence-corrected chi connectivity index (χ3v) is 9.78. The number of ether oxygens (including phenoxy) is 1. The van der Waals surface area contributed by atoms with Crippen molar-refractivity contribution in [3.8, 4) is 0 Å². The lowest BCUT2D eigenvalue weighted by molar-refractivity contribution is 0.0924. The third kappa shape index (κ3) is 7.02. The summed E-state index contributed by atoms with van der Waals surface area (Å²) >= 11 is 1.30. The van der Waals surface area contributed by atoms with E-state index >= 15 is 0 Å². The van der Waals surface area contributed by atoms with Crippen molar-refractivity contribution in [1.82, 2.24) is 14.5 Å². The first-order valence-electron chi connectivity index (χ1n) is 13.3. The molecule has 12 heteroatoms. The molecule has 0 bridgehead atoms. The normalized spacial score (nSPS) is 13.6. The van der Waals surface area contributed by atoms with Gasteiger partial charge in [0, 0.05) is 43.2 Å². The van der Waals surface area contributed by atoms with Gasteiger partial charge in [-0.05, 0) is 62.6 Å². The van der Waals surface area contributed by atoms with E-state index in [1.54, 1.807) is 6.92 Å². The number of carbonyl (C=O) groups is 3. The molecule has 0 fully saturated rings. The molecule has 2 N–H and O–H groups in total. The molecule has 0 unspecified atom stereocenters. The Bertz CT molecular complexity index is 1520. The zero-order valence-electron chi connectivity index (χ0n) is 23.5. The van der Waals surface area contributed by atoms with Gasteiger partial charge in [-0.15, -0.1) is 11.3 Å². The molecule has 1 aromatic heterocycles. The molecule has 10 nitrogen and oxygen atoms in total. The minimum atomic E-state index is -3.78. The van der Waals surface area contributed by atoms with Gasteiger partial charge in [0.2, 0.25) is 10.0 Å². The van der Waals surface area contributed by atoms with E-state index in [-0.39, 0.29) is 29.2 Å². The van der Waals surface area contributed by atoms with Gasteiger partial charge in [0.1, 0.15) is 5.00 Å². The van der Waals surface area contributed by atoms with Crippen LogP contribution in [0.2, 0.25) is 0 Å². The lowest BCUT2D eigenvalue weighted by Gasteiger charge is -2.30. The number of fused-ring (bicyclic) bond motifs is 1. The monoisotopic (exact) mass is 598 g/mol. The zero-order chi connectivity index (χ0) is 29.7.